The Morgan fingerprint density at radius 3 is 2.50 bits per heavy atom. The zero-order valence-corrected chi connectivity index (χ0v) is 11.5. The van der Waals surface area contributed by atoms with Gasteiger partial charge in [-0.1, -0.05) is 30.3 Å². The maximum Gasteiger partial charge on any atom is 0.172 e. The highest BCUT2D eigenvalue weighted by Crippen LogP contribution is 2.26. The van der Waals surface area contributed by atoms with Gasteiger partial charge in [0.25, 0.3) is 0 Å². The summed E-state index contributed by atoms with van der Waals surface area (Å²) in [6.45, 7) is 0.772. The fourth-order valence-electron chi connectivity index (χ4n) is 2.47. The van der Waals surface area contributed by atoms with Crippen LogP contribution in [0.25, 0.3) is 0 Å². The van der Waals surface area contributed by atoms with Crippen molar-refractivity contribution in [2.24, 2.45) is 5.92 Å². The predicted molar refractivity (Wildman–Crippen MR) is 64.6 cm³/mol. The Labute approximate surface area is 117 Å². The number of Topliss-reactive ketones (excluding diaryl/α,β-unsaturated/α-hetero) is 1. The molecule has 2 nitrogen and oxygen atoms in total. The van der Waals surface area contributed by atoms with Crippen LogP contribution in [0, 0.1) is 5.92 Å². The molecule has 18 heavy (non-hydrogen) atoms. The molecule has 0 aliphatic heterocycles. The first kappa shape index (κ1) is 13.0. The Balaban J connectivity index is 0.00000120. The molecule has 0 amide bonds. The Morgan fingerprint density at radius 2 is 1.78 bits per heavy atom. The van der Waals surface area contributed by atoms with Crippen LogP contribution >= 0.6 is 0 Å². The molecule has 0 spiro atoms. The van der Waals surface area contributed by atoms with Crippen LogP contribution in [0.1, 0.15) is 15.9 Å². The molecule has 0 radical (unpaired) electrons. The molecule has 1 aromatic heterocycles. The third-order valence-electron chi connectivity index (χ3n) is 3.33. The molecule has 0 fully saturated rings. The summed E-state index contributed by atoms with van der Waals surface area (Å²) in [6.07, 6.45) is 4.89. The minimum Gasteiger partial charge on any atom is -1.00 e. The van der Waals surface area contributed by atoms with E-state index >= 15 is 0 Å². The second-order valence-corrected chi connectivity index (χ2v) is 4.49. The highest BCUT2D eigenvalue weighted by Gasteiger charge is 2.32. The van der Waals surface area contributed by atoms with Crippen LogP contribution in [-0.4, -0.2) is 5.78 Å². The highest BCUT2D eigenvalue weighted by atomic mass is 79.9. The SMILES string of the molecule is O=C1c2ccccc2CC1C[n+]1ccccc1.[Br-]. The van der Waals surface area contributed by atoms with Crippen molar-refractivity contribution in [2.45, 2.75) is 13.0 Å². The third-order valence-corrected chi connectivity index (χ3v) is 3.33. The van der Waals surface area contributed by atoms with Crippen molar-refractivity contribution in [3.8, 4) is 0 Å². The van der Waals surface area contributed by atoms with Gasteiger partial charge in [-0.15, -0.1) is 0 Å². The van der Waals surface area contributed by atoms with Crippen LogP contribution in [0.2, 0.25) is 0 Å². The van der Waals surface area contributed by atoms with Gasteiger partial charge in [-0.05, 0) is 12.0 Å². The van der Waals surface area contributed by atoms with Gasteiger partial charge in [-0.2, -0.15) is 0 Å². The van der Waals surface area contributed by atoms with Crippen molar-refractivity contribution < 1.29 is 26.3 Å². The van der Waals surface area contributed by atoms with E-state index in [4.69, 9.17) is 0 Å². The summed E-state index contributed by atoms with van der Waals surface area (Å²) in [6, 6.07) is 13.9. The molecule has 0 bridgehead atoms. The van der Waals surface area contributed by atoms with Gasteiger partial charge in [-0.25, -0.2) is 4.57 Å². The van der Waals surface area contributed by atoms with Gasteiger partial charge in [0.05, 0.1) is 5.92 Å². The summed E-state index contributed by atoms with van der Waals surface area (Å²) >= 11 is 0. The number of benzene rings is 1. The van der Waals surface area contributed by atoms with Gasteiger partial charge in [0, 0.05) is 17.7 Å². The number of hydrogen-bond acceptors (Lipinski definition) is 1. The molecule has 1 unspecified atom stereocenters. The Kier molecular flexibility index (Phi) is 3.92. The van der Waals surface area contributed by atoms with Crippen molar-refractivity contribution in [2.75, 3.05) is 0 Å². The number of hydrogen-bond donors (Lipinski definition) is 0. The summed E-state index contributed by atoms with van der Waals surface area (Å²) in [7, 11) is 0. The number of halogens is 1. The molecule has 1 aliphatic carbocycles. The summed E-state index contributed by atoms with van der Waals surface area (Å²) in [4.78, 5) is 12.2. The van der Waals surface area contributed by atoms with Gasteiger partial charge < -0.3 is 17.0 Å². The molecular weight excluding hydrogens is 290 g/mol. The highest BCUT2D eigenvalue weighted by molar-refractivity contribution is 6.02. The molecule has 92 valence electrons. The van der Waals surface area contributed by atoms with E-state index in [0.717, 1.165) is 18.5 Å². The van der Waals surface area contributed by atoms with Gasteiger partial charge in [0.2, 0.25) is 0 Å². The van der Waals surface area contributed by atoms with Crippen LogP contribution in [0.4, 0.5) is 0 Å². The van der Waals surface area contributed by atoms with E-state index in [-0.39, 0.29) is 28.7 Å². The molecule has 0 N–H and O–H groups in total. The molecule has 1 aliphatic rings. The summed E-state index contributed by atoms with van der Waals surface area (Å²) in [5.74, 6) is 0.386. The van der Waals surface area contributed by atoms with Crippen molar-refractivity contribution >= 4 is 5.78 Å². The number of nitrogens with zero attached hydrogens (tertiary/aromatic N) is 1. The summed E-state index contributed by atoms with van der Waals surface area (Å²) in [5.41, 5.74) is 2.10. The fourth-order valence-corrected chi connectivity index (χ4v) is 2.47. The van der Waals surface area contributed by atoms with E-state index in [0.29, 0.717) is 0 Å². The molecule has 1 aromatic carbocycles. The smallest absolute Gasteiger partial charge is 0.172 e. The van der Waals surface area contributed by atoms with Gasteiger partial charge >= 0.3 is 0 Å². The minimum atomic E-state index is 0. The third kappa shape index (κ3) is 2.36. The number of rotatable bonds is 2. The van der Waals surface area contributed by atoms with Crippen molar-refractivity contribution in [1.29, 1.82) is 0 Å². The van der Waals surface area contributed by atoms with Crippen molar-refractivity contribution in [3.63, 3.8) is 0 Å². The van der Waals surface area contributed by atoms with Crippen LogP contribution < -0.4 is 21.5 Å². The minimum absolute atomic E-state index is 0. The Bertz CT molecular complexity index is 553. The number of fused-ring (bicyclic) bond motifs is 1. The van der Waals surface area contributed by atoms with E-state index in [1.54, 1.807) is 0 Å². The van der Waals surface area contributed by atoms with Crippen LogP contribution in [-0.2, 0) is 13.0 Å². The fraction of sp³-hybridized carbons (Fsp3) is 0.200. The molecule has 1 heterocycles. The number of carbonyl (C=O) groups excluding carboxylic acids is 1. The predicted octanol–water partition coefficient (Wildman–Crippen LogP) is -0.967. The average molecular weight is 304 g/mol. The second kappa shape index (κ2) is 5.44. The van der Waals surface area contributed by atoms with Crippen molar-refractivity contribution in [3.05, 3.63) is 66.0 Å². The van der Waals surface area contributed by atoms with Gasteiger partial charge in [0.15, 0.2) is 24.7 Å². The number of ketones is 1. The lowest BCUT2D eigenvalue weighted by Crippen LogP contribution is -3.00. The molecule has 3 rings (SSSR count). The van der Waals surface area contributed by atoms with Crippen LogP contribution in [0.3, 0.4) is 0 Å². The van der Waals surface area contributed by atoms with Gasteiger partial charge in [0.1, 0.15) is 0 Å². The topological polar surface area (TPSA) is 20.9 Å². The van der Waals surface area contributed by atoms with E-state index in [1.165, 1.54) is 5.56 Å². The summed E-state index contributed by atoms with van der Waals surface area (Å²) in [5, 5.41) is 0. The zero-order valence-electron chi connectivity index (χ0n) is 9.92. The first-order chi connectivity index (χ1) is 8.34. The first-order valence-corrected chi connectivity index (χ1v) is 5.91. The molecule has 0 saturated carbocycles. The molecular formula is C15H14BrNO. The van der Waals surface area contributed by atoms with E-state index in [9.17, 15) is 4.79 Å². The standard InChI is InChI=1S/C15H14NO.BrH/c17-15-13(11-16-8-4-1-5-9-16)10-12-6-2-3-7-14(12)15;/h1-9,13H,10-11H2;1H/q+1;/p-1. The van der Waals surface area contributed by atoms with Crippen molar-refractivity contribution in [1.82, 2.24) is 0 Å². The molecule has 1 atom stereocenters. The second-order valence-electron chi connectivity index (χ2n) is 4.49. The van der Waals surface area contributed by atoms with Crippen LogP contribution in [0.5, 0.6) is 0 Å². The molecule has 2 aromatic rings. The quantitative estimate of drug-likeness (QED) is 0.654. The average Bonchev–Trinajstić information content (AvgIpc) is 2.68. The maximum absolute atomic E-state index is 12.2. The Hall–Kier alpha value is -1.48. The van der Waals surface area contributed by atoms with E-state index < -0.39 is 0 Å². The lowest BCUT2D eigenvalue weighted by atomic mass is 10.1. The molecule has 0 saturated heterocycles. The monoisotopic (exact) mass is 303 g/mol. The normalized spacial score (nSPS) is 17.1. The number of carbonyl (C=O) groups is 1. The first-order valence-electron chi connectivity index (χ1n) is 5.91. The lowest BCUT2D eigenvalue weighted by molar-refractivity contribution is -0.701. The molecule has 3 heteroatoms. The number of pyridine rings is 1. The van der Waals surface area contributed by atoms with Gasteiger partial charge in [-0.3, -0.25) is 4.79 Å². The van der Waals surface area contributed by atoms with E-state index in [2.05, 4.69) is 10.6 Å². The lowest BCUT2D eigenvalue weighted by Gasteiger charge is -2.02. The zero-order chi connectivity index (χ0) is 11.7. The maximum atomic E-state index is 12.2. The number of aromatic nitrogens is 1. The summed E-state index contributed by atoms with van der Waals surface area (Å²) < 4.78 is 2.08. The largest absolute Gasteiger partial charge is 1.00 e. The Morgan fingerprint density at radius 1 is 1.06 bits per heavy atom. The van der Waals surface area contributed by atoms with Crippen LogP contribution in [0.15, 0.2) is 54.9 Å². The van der Waals surface area contributed by atoms with E-state index in [1.807, 2.05) is 48.8 Å².